The molecule has 0 spiro atoms. The number of benzene rings is 1. The second-order valence-electron chi connectivity index (χ2n) is 4.63. The second-order valence-corrected chi connectivity index (χ2v) is 6.63. The predicted molar refractivity (Wildman–Crippen MR) is 72.3 cm³/mol. The molecule has 1 heterocycles. The van der Waals surface area contributed by atoms with Crippen molar-refractivity contribution in [1.29, 1.82) is 5.26 Å². The van der Waals surface area contributed by atoms with Crippen LogP contribution in [0.4, 0.5) is 0 Å². The Labute approximate surface area is 122 Å². The quantitative estimate of drug-likeness (QED) is 0.790. The molecule has 2 rings (SSSR count). The van der Waals surface area contributed by atoms with Gasteiger partial charge < -0.3 is 0 Å². The molecule has 0 radical (unpaired) electrons. The van der Waals surface area contributed by atoms with Gasteiger partial charge in [-0.05, 0) is 24.6 Å². The van der Waals surface area contributed by atoms with E-state index in [-0.39, 0.29) is 23.3 Å². The van der Waals surface area contributed by atoms with Gasteiger partial charge in [0.2, 0.25) is 21.8 Å². The molecule has 2 amide bonds. The number of nitriles is 1. The molecule has 1 fully saturated rings. The van der Waals surface area contributed by atoms with Gasteiger partial charge in [-0.3, -0.25) is 14.9 Å². The van der Waals surface area contributed by atoms with Gasteiger partial charge in [-0.25, -0.2) is 8.42 Å². The van der Waals surface area contributed by atoms with E-state index >= 15 is 0 Å². The highest BCUT2D eigenvalue weighted by Gasteiger charge is 2.36. The minimum Gasteiger partial charge on any atom is -0.295 e. The van der Waals surface area contributed by atoms with Crippen molar-refractivity contribution < 1.29 is 18.0 Å². The SMILES string of the molecule is CN(C1CCC(=O)NC1=O)S(=O)(=O)c1cccc(C#N)c1. The van der Waals surface area contributed by atoms with Crippen LogP contribution < -0.4 is 5.32 Å². The van der Waals surface area contributed by atoms with Crippen LogP contribution in [-0.4, -0.2) is 37.6 Å². The number of likely N-dealkylation sites (N-methyl/N-ethyl adjacent to an activating group) is 1. The van der Waals surface area contributed by atoms with Crippen molar-refractivity contribution in [2.45, 2.75) is 23.8 Å². The number of nitrogens with one attached hydrogen (secondary N) is 1. The van der Waals surface area contributed by atoms with Gasteiger partial charge >= 0.3 is 0 Å². The Balaban J connectivity index is 2.32. The number of amides is 2. The summed E-state index contributed by atoms with van der Waals surface area (Å²) in [6.07, 6.45) is 0.229. The topological polar surface area (TPSA) is 107 Å². The van der Waals surface area contributed by atoms with Crippen molar-refractivity contribution in [2.24, 2.45) is 0 Å². The fourth-order valence-corrected chi connectivity index (χ4v) is 3.48. The lowest BCUT2D eigenvalue weighted by Gasteiger charge is -2.28. The van der Waals surface area contributed by atoms with Gasteiger partial charge in [0, 0.05) is 13.5 Å². The molecule has 0 bridgehead atoms. The maximum Gasteiger partial charge on any atom is 0.245 e. The summed E-state index contributed by atoms with van der Waals surface area (Å²) in [5, 5.41) is 10.9. The number of hydrogen-bond acceptors (Lipinski definition) is 5. The molecule has 1 aromatic carbocycles. The fourth-order valence-electron chi connectivity index (χ4n) is 2.09. The number of nitrogens with zero attached hydrogens (tertiary/aromatic N) is 2. The van der Waals surface area contributed by atoms with Gasteiger partial charge in [-0.15, -0.1) is 0 Å². The molecule has 21 heavy (non-hydrogen) atoms. The Kier molecular flexibility index (Phi) is 4.06. The first-order valence-corrected chi connectivity index (χ1v) is 7.62. The van der Waals surface area contributed by atoms with E-state index in [1.165, 1.54) is 31.3 Å². The van der Waals surface area contributed by atoms with Crippen LogP contribution >= 0.6 is 0 Å². The molecule has 1 aliphatic rings. The van der Waals surface area contributed by atoms with Gasteiger partial charge in [0.1, 0.15) is 6.04 Å². The number of carbonyl (C=O) groups excluding carboxylic acids is 2. The van der Waals surface area contributed by atoms with Crippen LogP contribution in [0, 0.1) is 11.3 Å². The molecule has 1 aliphatic heterocycles. The van der Waals surface area contributed by atoms with Crippen LogP contribution in [0.3, 0.4) is 0 Å². The van der Waals surface area contributed by atoms with E-state index in [4.69, 9.17) is 5.26 Å². The van der Waals surface area contributed by atoms with Crippen molar-refractivity contribution in [3.63, 3.8) is 0 Å². The van der Waals surface area contributed by atoms with E-state index < -0.39 is 27.9 Å². The van der Waals surface area contributed by atoms with Crippen molar-refractivity contribution in [3.05, 3.63) is 29.8 Å². The number of hydrogen-bond donors (Lipinski definition) is 1. The zero-order chi connectivity index (χ0) is 15.6. The lowest BCUT2D eigenvalue weighted by atomic mass is 10.1. The van der Waals surface area contributed by atoms with Gasteiger partial charge in [-0.1, -0.05) is 6.07 Å². The molecular formula is C13H13N3O4S. The number of piperidine rings is 1. The van der Waals surface area contributed by atoms with Crippen LogP contribution in [0.15, 0.2) is 29.2 Å². The fraction of sp³-hybridized carbons (Fsp3) is 0.308. The summed E-state index contributed by atoms with van der Waals surface area (Å²) in [4.78, 5) is 22.8. The molecule has 1 saturated heterocycles. The van der Waals surface area contributed by atoms with Gasteiger partial charge in [0.15, 0.2) is 0 Å². The zero-order valence-corrected chi connectivity index (χ0v) is 12.1. The van der Waals surface area contributed by atoms with Gasteiger partial charge in [-0.2, -0.15) is 9.57 Å². The molecule has 1 atom stereocenters. The Morgan fingerprint density at radius 2 is 2.10 bits per heavy atom. The van der Waals surface area contributed by atoms with E-state index in [1.807, 2.05) is 6.07 Å². The number of carbonyl (C=O) groups is 2. The van der Waals surface area contributed by atoms with Gasteiger partial charge in [0.25, 0.3) is 0 Å². The molecule has 7 nitrogen and oxygen atoms in total. The molecule has 0 aromatic heterocycles. The minimum absolute atomic E-state index is 0.0613. The van der Waals surface area contributed by atoms with Crippen LogP contribution in [0.25, 0.3) is 0 Å². The van der Waals surface area contributed by atoms with Gasteiger partial charge in [0.05, 0.1) is 16.5 Å². The largest absolute Gasteiger partial charge is 0.295 e. The summed E-state index contributed by atoms with van der Waals surface area (Å²) in [5.41, 5.74) is 0.216. The number of imide groups is 1. The third kappa shape index (κ3) is 2.94. The van der Waals surface area contributed by atoms with Crippen LogP contribution in [0.2, 0.25) is 0 Å². The average Bonchev–Trinajstić information content (AvgIpc) is 2.46. The standard InChI is InChI=1S/C13H13N3O4S/c1-16(11-5-6-12(17)15-13(11)18)21(19,20)10-4-2-3-9(7-10)8-14/h2-4,7,11H,5-6H2,1H3,(H,15,17,18). The Morgan fingerprint density at radius 1 is 1.38 bits per heavy atom. The molecule has 0 saturated carbocycles. The van der Waals surface area contributed by atoms with E-state index in [0.29, 0.717) is 0 Å². The average molecular weight is 307 g/mol. The summed E-state index contributed by atoms with van der Waals surface area (Å²) in [6, 6.07) is 6.49. The summed E-state index contributed by atoms with van der Waals surface area (Å²) in [5.74, 6) is -1.04. The minimum atomic E-state index is -3.91. The third-order valence-electron chi connectivity index (χ3n) is 3.29. The molecule has 1 aromatic rings. The van der Waals surface area contributed by atoms with E-state index in [2.05, 4.69) is 5.32 Å². The highest BCUT2D eigenvalue weighted by atomic mass is 32.2. The Hall–Kier alpha value is -2.24. The molecule has 0 aliphatic carbocycles. The van der Waals surface area contributed by atoms with Crippen molar-refractivity contribution in [1.82, 2.24) is 9.62 Å². The summed E-state index contributed by atoms with van der Waals surface area (Å²) in [6.45, 7) is 0. The molecule has 110 valence electrons. The zero-order valence-electron chi connectivity index (χ0n) is 11.2. The van der Waals surface area contributed by atoms with E-state index in [9.17, 15) is 18.0 Å². The molecule has 1 unspecified atom stereocenters. The van der Waals surface area contributed by atoms with Crippen molar-refractivity contribution in [3.8, 4) is 6.07 Å². The number of rotatable bonds is 3. The van der Waals surface area contributed by atoms with Crippen molar-refractivity contribution in [2.75, 3.05) is 7.05 Å². The highest BCUT2D eigenvalue weighted by Crippen LogP contribution is 2.21. The van der Waals surface area contributed by atoms with Crippen LogP contribution in [0.1, 0.15) is 18.4 Å². The first-order chi connectivity index (χ1) is 9.86. The predicted octanol–water partition coefficient (Wildman–Crippen LogP) is -0.0160. The third-order valence-corrected chi connectivity index (χ3v) is 5.15. The second kappa shape index (κ2) is 5.63. The van der Waals surface area contributed by atoms with Crippen LogP contribution in [-0.2, 0) is 19.6 Å². The van der Waals surface area contributed by atoms with Crippen molar-refractivity contribution >= 4 is 21.8 Å². The first-order valence-electron chi connectivity index (χ1n) is 6.18. The van der Waals surface area contributed by atoms with Crippen LogP contribution in [0.5, 0.6) is 0 Å². The Bertz CT molecular complexity index is 736. The summed E-state index contributed by atoms with van der Waals surface area (Å²) < 4.78 is 25.9. The maximum absolute atomic E-state index is 12.5. The normalized spacial score (nSPS) is 19.2. The molecule has 1 N–H and O–H groups in total. The monoisotopic (exact) mass is 307 g/mol. The summed E-state index contributed by atoms with van der Waals surface area (Å²) in [7, 11) is -2.63. The molecular weight excluding hydrogens is 294 g/mol. The summed E-state index contributed by atoms with van der Waals surface area (Å²) >= 11 is 0. The number of sulfonamides is 1. The first kappa shape index (κ1) is 15.2. The maximum atomic E-state index is 12.5. The smallest absolute Gasteiger partial charge is 0.245 e. The van der Waals surface area contributed by atoms with E-state index in [0.717, 1.165) is 4.31 Å². The lowest BCUT2D eigenvalue weighted by Crippen LogP contribution is -2.52. The lowest BCUT2D eigenvalue weighted by molar-refractivity contribution is -0.135. The Morgan fingerprint density at radius 3 is 2.71 bits per heavy atom. The molecule has 8 heteroatoms. The van der Waals surface area contributed by atoms with E-state index in [1.54, 1.807) is 0 Å². The highest BCUT2D eigenvalue weighted by molar-refractivity contribution is 7.89.